The molecule has 2 aromatic heterocycles. The first-order chi connectivity index (χ1) is 16.9. The van der Waals surface area contributed by atoms with Gasteiger partial charge in [0.15, 0.2) is 0 Å². The van der Waals surface area contributed by atoms with E-state index in [0.717, 1.165) is 16.8 Å². The molecule has 0 radical (unpaired) electrons. The van der Waals surface area contributed by atoms with Gasteiger partial charge in [0, 0.05) is 16.8 Å². The van der Waals surface area contributed by atoms with Gasteiger partial charge in [-0.3, -0.25) is 0 Å². The minimum atomic E-state index is -3.98. The predicted octanol–water partition coefficient (Wildman–Crippen LogP) is 5.56. The van der Waals surface area contributed by atoms with Crippen LogP contribution in [0.4, 0.5) is 4.79 Å². The van der Waals surface area contributed by atoms with Crippen molar-refractivity contribution in [2.75, 3.05) is 0 Å². The molecular weight excluding hydrogens is 498 g/mol. The highest BCUT2D eigenvalue weighted by molar-refractivity contribution is 7.90. The lowest BCUT2D eigenvalue weighted by atomic mass is 10.1. The fraction of sp³-hybridized carbons (Fsp3) is 0.308. The second kappa shape index (κ2) is 9.94. The lowest BCUT2D eigenvalue weighted by molar-refractivity contribution is 0.0522. The molecule has 0 aliphatic carbocycles. The van der Waals surface area contributed by atoms with Gasteiger partial charge in [-0.1, -0.05) is 17.7 Å². The molecule has 0 saturated carbocycles. The molecule has 0 atom stereocenters. The van der Waals surface area contributed by atoms with Gasteiger partial charge < -0.3 is 14.8 Å². The molecule has 0 bridgehead atoms. The summed E-state index contributed by atoms with van der Waals surface area (Å²) in [5.41, 5.74) is 4.51. The maximum absolute atomic E-state index is 13.8. The molecule has 0 aliphatic heterocycles. The topological polar surface area (TPSA) is 99.5 Å². The summed E-state index contributed by atoms with van der Waals surface area (Å²) in [6.07, 6.45) is -0.629. The lowest BCUT2D eigenvalue weighted by Crippen LogP contribution is -2.33. The third-order valence-electron chi connectivity index (χ3n) is 5.36. The first kappa shape index (κ1) is 25.7. The Morgan fingerprint density at radius 3 is 2.47 bits per heavy atom. The Labute approximate surface area is 214 Å². The highest BCUT2D eigenvalue weighted by Gasteiger charge is 2.25. The first-order valence-electron chi connectivity index (χ1n) is 11.4. The standard InChI is InChI=1S/C26H29N3O5S2/c1-17-6-8-22(9-7-17)36(31,32)29-21(13-27-25(30)34-26(3,4)5)11-19-10-18(2)24(12-23(19)29)33-14-20-15-35-16-28-20/h6-12,15-16H,13-14H2,1-5H3,(H,27,30). The van der Waals surface area contributed by atoms with E-state index < -0.39 is 21.7 Å². The van der Waals surface area contributed by atoms with Gasteiger partial charge in [-0.2, -0.15) is 0 Å². The third-order valence-corrected chi connectivity index (χ3v) is 7.77. The van der Waals surface area contributed by atoms with Gasteiger partial charge in [0.25, 0.3) is 10.0 Å². The number of aryl methyl sites for hydroxylation is 2. The summed E-state index contributed by atoms with van der Waals surface area (Å²) in [4.78, 5) is 16.7. The minimum Gasteiger partial charge on any atom is -0.487 e. The van der Waals surface area contributed by atoms with Gasteiger partial charge in [-0.15, -0.1) is 11.3 Å². The largest absolute Gasteiger partial charge is 0.487 e. The maximum Gasteiger partial charge on any atom is 0.407 e. The molecule has 1 amide bonds. The first-order valence-corrected chi connectivity index (χ1v) is 13.8. The molecule has 0 aliphatic rings. The molecule has 1 N–H and O–H groups in total. The average molecular weight is 528 g/mol. The van der Waals surface area contributed by atoms with Gasteiger partial charge in [-0.05, 0) is 64.4 Å². The summed E-state index contributed by atoms with van der Waals surface area (Å²) in [7, 11) is -3.98. The van der Waals surface area contributed by atoms with E-state index >= 15 is 0 Å². The van der Waals surface area contributed by atoms with Gasteiger partial charge in [-0.25, -0.2) is 22.2 Å². The number of benzene rings is 2. The summed E-state index contributed by atoms with van der Waals surface area (Å²) < 4.78 is 40.2. The van der Waals surface area contributed by atoms with Crippen LogP contribution in [0.15, 0.2) is 58.3 Å². The normalized spacial score (nSPS) is 12.0. The van der Waals surface area contributed by atoms with E-state index in [4.69, 9.17) is 9.47 Å². The Morgan fingerprint density at radius 2 is 1.83 bits per heavy atom. The van der Waals surface area contributed by atoms with E-state index in [2.05, 4.69) is 10.3 Å². The summed E-state index contributed by atoms with van der Waals surface area (Å²) in [5, 5.41) is 5.29. The minimum absolute atomic E-state index is 0.0389. The van der Waals surface area contributed by atoms with Crippen LogP contribution in [0.1, 0.15) is 43.3 Å². The number of fused-ring (bicyclic) bond motifs is 1. The molecule has 2 heterocycles. The van der Waals surface area contributed by atoms with Crippen LogP contribution in [0.25, 0.3) is 10.9 Å². The van der Waals surface area contributed by atoms with Gasteiger partial charge in [0.2, 0.25) is 0 Å². The predicted molar refractivity (Wildman–Crippen MR) is 140 cm³/mol. The number of amides is 1. The van der Waals surface area contributed by atoms with Crippen molar-refractivity contribution in [3.63, 3.8) is 0 Å². The zero-order valence-corrected chi connectivity index (χ0v) is 22.5. The fourth-order valence-corrected chi connectivity index (χ4v) is 5.78. The number of thiazole rings is 1. The highest BCUT2D eigenvalue weighted by atomic mass is 32.2. The van der Waals surface area contributed by atoms with E-state index in [9.17, 15) is 13.2 Å². The zero-order chi connectivity index (χ0) is 26.1. The van der Waals surface area contributed by atoms with Crippen LogP contribution in [0.5, 0.6) is 5.75 Å². The molecule has 4 aromatic rings. The number of carbonyl (C=O) groups excluding carboxylic acids is 1. The molecule has 190 valence electrons. The van der Waals surface area contributed by atoms with Gasteiger partial charge >= 0.3 is 6.09 Å². The third kappa shape index (κ3) is 5.71. The Balaban J connectivity index is 1.78. The molecule has 0 saturated heterocycles. The Kier molecular flexibility index (Phi) is 7.10. The van der Waals surface area contributed by atoms with E-state index in [0.29, 0.717) is 22.3 Å². The molecular formula is C26H29N3O5S2. The molecule has 0 unspecified atom stereocenters. The van der Waals surface area contributed by atoms with Gasteiger partial charge in [0.1, 0.15) is 18.0 Å². The number of nitrogens with one attached hydrogen (secondary N) is 1. The van der Waals surface area contributed by atoms with Crippen LogP contribution in [-0.4, -0.2) is 29.1 Å². The van der Waals surface area contributed by atoms with Crippen molar-refractivity contribution in [2.45, 2.75) is 58.3 Å². The molecule has 2 aromatic carbocycles. The number of hydrogen-bond donors (Lipinski definition) is 1. The Bertz CT molecular complexity index is 1480. The second-order valence-electron chi connectivity index (χ2n) is 9.52. The molecule has 0 fully saturated rings. The molecule has 8 nitrogen and oxygen atoms in total. The van der Waals surface area contributed by atoms with Crippen LogP contribution in [-0.2, 0) is 27.9 Å². The van der Waals surface area contributed by atoms with Crippen molar-refractivity contribution >= 4 is 38.4 Å². The van der Waals surface area contributed by atoms with Crippen LogP contribution in [0, 0.1) is 13.8 Å². The number of ether oxygens (including phenoxy) is 2. The van der Waals surface area contributed by atoms with Crippen LogP contribution in [0.2, 0.25) is 0 Å². The maximum atomic E-state index is 13.8. The van der Waals surface area contributed by atoms with Crippen LogP contribution < -0.4 is 10.1 Å². The zero-order valence-electron chi connectivity index (χ0n) is 20.9. The summed E-state index contributed by atoms with van der Waals surface area (Å²) in [6.45, 7) is 9.33. The average Bonchev–Trinajstić information content (AvgIpc) is 3.43. The van der Waals surface area contributed by atoms with E-state index in [1.807, 2.05) is 25.3 Å². The molecule has 10 heteroatoms. The monoisotopic (exact) mass is 527 g/mol. The summed E-state index contributed by atoms with van der Waals surface area (Å²) in [6, 6.07) is 12.0. The van der Waals surface area contributed by atoms with Crippen molar-refractivity contribution in [2.24, 2.45) is 0 Å². The lowest BCUT2D eigenvalue weighted by Gasteiger charge is -2.20. The van der Waals surface area contributed by atoms with E-state index in [-0.39, 0.29) is 18.0 Å². The quantitative estimate of drug-likeness (QED) is 0.338. The number of aromatic nitrogens is 2. The summed E-state index contributed by atoms with van der Waals surface area (Å²) in [5.74, 6) is 0.556. The number of carbonyl (C=O) groups is 1. The van der Waals surface area contributed by atoms with Crippen molar-refractivity contribution in [1.29, 1.82) is 0 Å². The Morgan fingerprint density at radius 1 is 1.11 bits per heavy atom. The smallest absolute Gasteiger partial charge is 0.407 e. The SMILES string of the molecule is Cc1ccc(S(=O)(=O)n2c(CNC(=O)OC(C)(C)C)cc3cc(C)c(OCc4cscn4)cc32)cc1. The molecule has 4 rings (SSSR count). The number of nitrogens with zero attached hydrogens (tertiary/aromatic N) is 2. The fourth-order valence-electron chi connectivity index (χ4n) is 3.70. The number of rotatable bonds is 7. The van der Waals surface area contributed by atoms with Crippen molar-refractivity contribution < 1.29 is 22.7 Å². The Hall–Kier alpha value is -3.37. The number of alkyl carbamates (subject to hydrolysis) is 1. The number of hydrogen-bond acceptors (Lipinski definition) is 7. The highest BCUT2D eigenvalue weighted by Crippen LogP contribution is 2.32. The van der Waals surface area contributed by atoms with Crippen LogP contribution >= 0.6 is 11.3 Å². The van der Waals surface area contributed by atoms with E-state index in [1.54, 1.807) is 62.7 Å². The van der Waals surface area contributed by atoms with E-state index in [1.165, 1.54) is 15.3 Å². The van der Waals surface area contributed by atoms with Crippen molar-refractivity contribution in [3.8, 4) is 5.75 Å². The second-order valence-corrected chi connectivity index (χ2v) is 12.0. The van der Waals surface area contributed by atoms with Crippen molar-refractivity contribution in [1.82, 2.24) is 14.3 Å². The van der Waals surface area contributed by atoms with Crippen LogP contribution in [0.3, 0.4) is 0 Å². The van der Waals surface area contributed by atoms with Gasteiger partial charge in [0.05, 0.1) is 33.9 Å². The summed E-state index contributed by atoms with van der Waals surface area (Å²) >= 11 is 1.48. The molecule has 0 spiro atoms. The molecule has 36 heavy (non-hydrogen) atoms. The van der Waals surface area contributed by atoms with Crippen molar-refractivity contribution in [3.05, 3.63) is 75.9 Å².